The molecule has 0 spiro atoms. The zero-order valence-electron chi connectivity index (χ0n) is 8.42. The Hall–Kier alpha value is -1.58. The highest BCUT2D eigenvalue weighted by Crippen LogP contribution is 2.45. The highest BCUT2D eigenvalue weighted by atomic mass is 16.7. The van der Waals surface area contributed by atoms with Crippen LogP contribution in [0.5, 0.6) is 23.0 Å². The molecule has 4 nitrogen and oxygen atoms in total. The maximum Gasteiger partial charge on any atom is 0.231 e. The van der Waals surface area contributed by atoms with E-state index in [2.05, 4.69) is 0 Å². The fraction of sp³-hybridized carbons (Fsp3) is 0.400. The van der Waals surface area contributed by atoms with Crippen LogP contribution in [-0.2, 0) is 0 Å². The zero-order valence-corrected chi connectivity index (χ0v) is 8.42. The molecule has 0 radical (unpaired) electrons. The van der Waals surface area contributed by atoms with Gasteiger partial charge in [-0.2, -0.15) is 0 Å². The third-order valence-corrected chi connectivity index (χ3v) is 2.23. The van der Waals surface area contributed by atoms with E-state index in [1.54, 1.807) is 20.3 Å². The Bertz CT molecular complexity index is 360. The minimum atomic E-state index is 0.256. The van der Waals surface area contributed by atoms with Crippen LogP contribution in [-0.4, -0.2) is 21.0 Å². The van der Waals surface area contributed by atoms with Gasteiger partial charge in [-0.3, -0.25) is 0 Å². The Morgan fingerprint density at radius 2 is 2.00 bits per heavy atom. The highest BCUT2D eigenvalue weighted by Gasteiger charge is 2.22. The van der Waals surface area contributed by atoms with E-state index < -0.39 is 0 Å². The molecule has 0 atom stereocenters. The molecular formula is C10H12O4. The molecule has 1 aliphatic rings. The zero-order chi connectivity index (χ0) is 10.1. The standard InChI is InChI=1S/C10H12O4/c1-6-9(12-3)7(11-2)4-8-10(6)14-5-13-8/h4H,5H2,1-3H3. The van der Waals surface area contributed by atoms with Crippen molar-refractivity contribution in [1.29, 1.82) is 0 Å². The van der Waals surface area contributed by atoms with Gasteiger partial charge in [-0.25, -0.2) is 0 Å². The second kappa shape index (κ2) is 3.29. The normalized spacial score (nSPS) is 12.8. The lowest BCUT2D eigenvalue weighted by molar-refractivity contribution is 0.173. The lowest BCUT2D eigenvalue weighted by atomic mass is 10.1. The van der Waals surface area contributed by atoms with Crippen LogP contribution in [0.25, 0.3) is 0 Å². The fourth-order valence-electron chi connectivity index (χ4n) is 1.57. The van der Waals surface area contributed by atoms with Gasteiger partial charge in [0.2, 0.25) is 6.79 Å². The van der Waals surface area contributed by atoms with Gasteiger partial charge in [-0.1, -0.05) is 0 Å². The van der Waals surface area contributed by atoms with E-state index >= 15 is 0 Å². The number of hydrogen-bond acceptors (Lipinski definition) is 4. The van der Waals surface area contributed by atoms with Crippen LogP contribution in [0.15, 0.2) is 6.07 Å². The van der Waals surface area contributed by atoms with Gasteiger partial charge in [0.1, 0.15) is 0 Å². The van der Waals surface area contributed by atoms with E-state index in [0.29, 0.717) is 17.2 Å². The van der Waals surface area contributed by atoms with Crippen molar-refractivity contribution in [2.45, 2.75) is 6.92 Å². The van der Waals surface area contributed by atoms with Crippen molar-refractivity contribution in [3.05, 3.63) is 11.6 Å². The van der Waals surface area contributed by atoms with Crippen LogP contribution in [0.2, 0.25) is 0 Å². The van der Waals surface area contributed by atoms with E-state index in [4.69, 9.17) is 18.9 Å². The number of ether oxygens (including phenoxy) is 4. The molecule has 0 bridgehead atoms. The Morgan fingerprint density at radius 3 is 2.64 bits per heavy atom. The summed E-state index contributed by atoms with van der Waals surface area (Å²) < 4.78 is 21.0. The summed E-state index contributed by atoms with van der Waals surface area (Å²) in [5.41, 5.74) is 0.902. The lowest BCUT2D eigenvalue weighted by Gasteiger charge is -2.11. The summed E-state index contributed by atoms with van der Waals surface area (Å²) in [4.78, 5) is 0. The van der Waals surface area contributed by atoms with E-state index in [1.165, 1.54) is 0 Å². The summed E-state index contributed by atoms with van der Waals surface area (Å²) >= 11 is 0. The van der Waals surface area contributed by atoms with Gasteiger partial charge in [-0.05, 0) is 6.92 Å². The van der Waals surface area contributed by atoms with Crippen LogP contribution < -0.4 is 18.9 Å². The van der Waals surface area contributed by atoms with Crippen LogP contribution >= 0.6 is 0 Å². The largest absolute Gasteiger partial charge is 0.493 e. The number of methoxy groups -OCH3 is 2. The summed E-state index contributed by atoms with van der Waals surface area (Å²) in [6.45, 7) is 2.17. The number of rotatable bonds is 2. The van der Waals surface area contributed by atoms with Gasteiger partial charge < -0.3 is 18.9 Å². The molecule has 76 valence electrons. The first-order valence-electron chi connectivity index (χ1n) is 4.29. The molecule has 0 N–H and O–H groups in total. The molecule has 1 aromatic carbocycles. The Labute approximate surface area is 82.3 Å². The Morgan fingerprint density at radius 1 is 1.21 bits per heavy atom. The van der Waals surface area contributed by atoms with Gasteiger partial charge in [0.15, 0.2) is 23.0 Å². The monoisotopic (exact) mass is 196 g/mol. The van der Waals surface area contributed by atoms with Gasteiger partial charge in [0.25, 0.3) is 0 Å². The van der Waals surface area contributed by atoms with Gasteiger partial charge in [0.05, 0.1) is 14.2 Å². The summed E-state index contributed by atoms with van der Waals surface area (Å²) in [6.07, 6.45) is 0. The molecule has 1 aliphatic heterocycles. The second-order valence-corrected chi connectivity index (χ2v) is 2.97. The number of benzene rings is 1. The molecule has 1 heterocycles. The number of fused-ring (bicyclic) bond motifs is 1. The minimum Gasteiger partial charge on any atom is -0.493 e. The van der Waals surface area contributed by atoms with Crippen molar-refractivity contribution in [3.63, 3.8) is 0 Å². The quantitative estimate of drug-likeness (QED) is 0.722. The summed E-state index contributed by atoms with van der Waals surface area (Å²) in [7, 11) is 3.20. The number of hydrogen-bond donors (Lipinski definition) is 0. The van der Waals surface area contributed by atoms with Crippen molar-refractivity contribution in [1.82, 2.24) is 0 Å². The summed E-state index contributed by atoms with van der Waals surface area (Å²) in [5.74, 6) is 2.80. The average Bonchev–Trinajstić information content (AvgIpc) is 2.65. The lowest BCUT2D eigenvalue weighted by Crippen LogP contribution is -1.94. The van der Waals surface area contributed by atoms with Crippen molar-refractivity contribution < 1.29 is 18.9 Å². The van der Waals surface area contributed by atoms with E-state index in [-0.39, 0.29) is 6.79 Å². The second-order valence-electron chi connectivity index (χ2n) is 2.97. The van der Waals surface area contributed by atoms with Gasteiger partial charge in [-0.15, -0.1) is 0 Å². The van der Waals surface area contributed by atoms with E-state index in [1.807, 2.05) is 6.92 Å². The van der Waals surface area contributed by atoms with E-state index in [0.717, 1.165) is 11.3 Å². The first kappa shape index (κ1) is 8.99. The molecule has 0 saturated carbocycles. The van der Waals surface area contributed by atoms with Crippen molar-refractivity contribution in [2.24, 2.45) is 0 Å². The first-order valence-corrected chi connectivity index (χ1v) is 4.29. The van der Waals surface area contributed by atoms with Crippen LogP contribution in [0.4, 0.5) is 0 Å². The topological polar surface area (TPSA) is 36.9 Å². The average molecular weight is 196 g/mol. The van der Waals surface area contributed by atoms with Crippen LogP contribution in [0, 0.1) is 6.92 Å². The maximum absolute atomic E-state index is 5.31. The summed E-state index contributed by atoms with van der Waals surface area (Å²) in [6, 6.07) is 1.77. The molecule has 4 heteroatoms. The molecule has 0 amide bonds. The van der Waals surface area contributed by atoms with Crippen molar-refractivity contribution >= 4 is 0 Å². The Balaban J connectivity index is 2.60. The molecule has 0 unspecified atom stereocenters. The first-order chi connectivity index (χ1) is 6.77. The van der Waals surface area contributed by atoms with E-state index in [9.17, 15) is 0 Å². The SMILES string of the molecule is COc1cc2c(c(C)c1OC)OCO2. The molecule has 1 aromatic rings. The maximum atomic E-state index is 5.31. The third-order valence-electron chi connectivity index (χ3n) is 2.23. The molecule has 0 saturated heterocycles. The van der Waals surface area contributed by atoms with Crippen molar-refractivity contribution in [2.75, 3.05) is 21.0 Å². The van der Waals surface area contributed by atoms with Crippen LogP contribution in [0.3, 0.4) is 0 Å². The predicted molar refractivity (Wildman–Crippen MR) is 50.4 cm³/mol. The molecule has 0 aliphatic carbocycles. The smallest absolute Gasteiger partial charge is 0.231 e. The third kappa shape index (κ3) is 1.14. The fourth-order valence-corrected chi connectivity index (χ4v) is 1.57. The molecule has 0 aromatic heterocycles. The van der Waals surface area contributed by atoms with Gasteiger partial charge in [0, 0.05) is 11.6 Å². The Kier molecular flexibility index (Phi) is 2.11. The highest BCUT2D eigenvalue weighted by molar-refractivity contribution is 5.61. The predicted octanol–water partition coefficient (Wildman–Crippen LogP) is 1.74. The summed E-state index contributed by atoms with van der Waals surface area (Å²) in [5, 5.41) is 0. The molecule has 14 heavy (non-hydrogen) atoms. The minimum absolute atomic E-state index is 0.256. The van der Waals surface area contributed by atoms with Crippen LogP contribution in [0.1, 0.15) is 5.56 Å². The van der Waals surface area contributed by atoms with Crippen molar-refractivity contribution in [3.8, 4) is 23.0 Å². The molecule has 0 fully saturated rings. The molecular weight excluding hydrogens is 184 g/mol. The van der Waals surface area contributed by atoms with Gasteiger partial charge >= 0.3 is 0 Å². The molecule has 2 rings (SSSR count).